The molecule has 0 aliphatic rings. The number of anilines is 1. The number of ether oxygens (including phenoxy) is 2. The Bertz CT molecular complexity index is 1100. The molecule has 0 aliphatic carbocycles. The van der Waals surface area contributed by atoms with E-state index in [1.807, 2.05) is 36.4 Å². The molecular weight excluding hydrogens is 428 g/mol. The van der Waals surface area contributed by atoms with Gasteiger partial charge in [0.1, 0.15) is 17.2 Å². The molecule has 0 bridgehead atoms. The summed E-state index contributed by atoms with van der Waals surface area (Å²) in [6.45, 7) is 6.45. The third-order valence-electron chi connectivity index (χ3n) is 5.02. The van der Waals surface area contributed by atoms with E-state index < -0.39 is 11.7 Å². The molecule has 1 amide bonds. The number of carbonyl (C=O) groups excluding carboxylic acids is 1. The minimum atomic E-state index is -0.661. The summed E-state index contributed by atoms with van der Waals surface area (Å²) in [7, 11) is 0. The van der Waals surface area contributed by atoms with Crippen molar-refractivity contribution in [3.05, 3.63) is 77.5 Å². The first-order valence-corrected chi connectivity index (χ1v) is 11.6. The van der Waals surface area contributed by atoms with Crippen LogP contribution in [0.4, 0.5) is 10.6 Å². The number of rotatable bonds is 10. The highest BCUT2D eigenvalue weighted by atomic mass is 16.6. The van der Waals surface area contributed by atoms with E-state index in [9.17, 15) is 10.1 Å². The fourth-order valence-corrected chi connectivity index (χ4v) is 3.48. The van der Waals surface area contributed by atoms with Gasteiger partial charge in [0.05, 0.1) is 18.0 Å². The summed E-state index contributed by atoms with van der Waals surface area (Å²) < 4.78 is 12.8. The highest BCUT2D eigenvalue weighted by Gasteiger charge is 2.23. The van der Waals surface area contributed by atoms with E-state index in [1.165, 1.54) is 5.56 Å². The van der Waals surface area contributed by atoms with E-state index in [-0.39, 0.29) is 0 Å². The number of hydrogen-bond donors (Lipinski definition) is 1. The van der Waals surface area contributed by atoms with Crippen LogP contribution in [-0.4, -0.2) is 34.7 Å². The van der Waals surface area contributed by atoms with Gasteiger partial charge in [-0.3, -0.25) is 5.32 Å². The molecule has 0 spiro atoms. The highest BCUT2D eigenvalue weighted by Crippen LogP contribution is 2.25. The number of nitrogens with one attached hydrogen (secondary N) is 1. The van der Waals surface area contributed by atoms with E-state index in [4.69, 9.17) is 9.47 Å². The molecule has 34 heavy (non-hydrogen) atoms. The molecule has 7 heteroatoms. The number of amides is 1. The lowest BCUT2D eigenvalue weighted by Gasteiger charge is -2.20. The van der Waals surface area contributed by atoms with Gasteiger partial charge in [0.2, 0.25) is 0 Å². The molecule has 1 aromatic heterocycles. The standard InChI is InChI=1S/C27H32N4O3/c1-27(2,3)34-26(32)29-25-23(20-28)24(30-31(25)22-15-8-5-9-16-22)17-19-33-18-11-10-14-21-12-6-4-7-13-21/h4-9,12-13,15-16H,10-11,14,17-19H2,1-3H3,(H,29,32). The fourth-order valence-electron chi connectivity index (χ4n) is 3.48. The second-order valence-corrected chi connectivity index (χ2v) is 8.96. The van der Waals surface area contributed by atoms with Gasteiger partial charge in [-0.15, -0.1) is 0 Å². The van der Waals surface area contributed by atoms with Crippen LogP contribution in [0.25, 0.3) is 5.69 Å². The van der Waals surface area contributed by atoms with Gasteiger partial charge in [-0.1, -0.05) is 48.5 Å². The molecule has 0 aliphatic heterocycles. The smallest absolute Gasteiger partial charge is 0.413 e. The monoisotopic (exact) mass is 460 g/mol. The van der Waals surface area contributed by atoms with Crippen molar-refractivity contribution >= 4 is 11.9 Å². The predicted molar refractivity (Wildman–Crippen MR) is 132 cm³/mol. The minimum absolute atomic E-state index is 0.292. The summed E-state index contributed by atoms with van der Waals surface area (Å²) in [5.41, 5.74) is 2.28. The van der Waals surface area contributed by atoms with E-state index in [1.54, 1.807) is 25.5 Å². The van der Waals surface area contributed by atoms with Crippen molar-refractivity contribution in [1.82, 2.24) is 9.78 Å². The Balaban J connectivity index is 1.63. The minimum Gasteiger partial charge on any atom is -0.444 e. The number of unbranched alkanes of at least 4 members (excludes halogenated alkanes) is 1. The largest absolute Gasteiger partial charge is 0.444 e. The Kier molecular flexibility index (Phi) is 8.83. The van der Waals surface area contributed by atoms with Crippen molar-refractivity contribution in [3.8, 4) is 11.8 Å². The van der Waals surface area contributed by atoms with Crippen LogP contribution in [0.15, 0.2) is 60.7 Å². The molecule has 1 N–H and O–H groups in total. The number of carbonyl (C=O) groups is 1. The van der Waals surface area contributed by atoms with E-state index >= 15 is 0 Å². The Morgan fingerprint density at radius 2 is 1.68 bits per heavy atom. The number of nitrogens with zero attached hydrogens (tertiary/aromatic N) is 3. The second-order valence-electron chi connectivity index (χ2n) is 8.96. The third kappa shape index (κ3) is 7.46. The maximum absolute atomic E-state index is 12.4. The van der Waals surface area contributed by atoms with Gasteiger partial charge in [-0.05, 0) is 57.7 Å². The van der Waals surface area contributed by atoms with E-state index in [0.717, 1.165) is 24.9 Å². The first-order valence-electron chi connectivity index (χ1n) is 11.6. The SMILES string of the molecule is CC(C)(C)OC(=O)Nc1c(C#N)c(CCOCCCCc2ccccc2)nn1-c1ccccc1. The second kappa shape index (κ2) is 12.0. The molecule has 2 aromatic carbocycles. The van der Waals surface area contributed by atoms with Crippen LogP contribution < -0.4 is 5.32 Å². The van der Waals surface area contributed by atoms with Crippen molar-refractivity contribution < 1.29 is 14.3 Å². The molecule has 3 rings (SSSR count). The molecule has 7 nitrogen and oxygen atoms in total. The van der Waals surface area contributed by atoms with E-state index in [0.29, 0.717) is 36.7 Å². The molecule has 0 fully saturated rings. The van der Waals surface area contributed by atoms with Gasteiger partial charge < -0.3 is 9.47 Å². The third-order valence-corrected chi connectivity index (χ3v) is 5.02. The van der Waals surface area contributed by atoms with Crippen LogP contribution in [-0.2, 0) is 22.3 Å². The molecule has 1 heterocycles. The van der Waals surface area contributed by atoms with Crippen LogP contribution in [0.2, 0.25) is 0 Å². The molecule has 3 aromatic rings. The summed E-state index contributed by atoms with van der Waals surface area (Å²) in [6.07, 6.45) is 2.88. The Morgan fingerprint density at radius 3 is 2.32 bits per heavy atom. The first-order chi connectivity index (χ1) is 16.4. The van der Waals surface area contributed by atoms with Crippen LogP contribution in [0.5, 0.6) is 0 Å². The van der Waals surface area contributed by atoms with Crippen molar-refractivity contribution in [2.75, 3.05) is 18.5 Å². The zero-order valence-electron chi connectivity index (χ0n) is 20.1. The topological polar surface area (TPSA) is 89.2 Å². The van der Waals surface area contributed by atoms with Gasteiger partial charge in [0, 0.05) is 13.0 Å². The quantitative estimate of drug-likeness (QED) is 0.394. The number of nitriles is 1. The van der Waals surface area contributed by atoms with Crippen LogP contribution in [0.1, 0.15) is 50.4 Å². The summed E-state index contributed by atoms with van der Waals surface area (Å²) in [5.74, 6) is 0.292. The molecule has 0 saturated carbocycles. The van der Waals surface area contributed by atoms with Gasteiger partial charge in [-0.25, -0.2) is 9.48 Å². The van der Waals surface area contributed by atoms with Crippen LogP contribution in [0, 0.1) is 11.3 Å². The maximum atomic E-state index is 12.4. The normalized spacial score (nSPS) is 11.1. The number of para-hydroxylation sites is 1. The molecule has 0 radical (unpaired) electrons. The summed E-state index contributed by atoms with van der Waals surface area (Å²) in [5, 5.41) is 17.2. The Labute approximate surface area is 201 Å². The highest BCUT2D eigenvalue weighted by molar-refractivity contribution is 5.86. The molecule has 0 unspecified atom stereocenters. The fraction of sp³-hybridized carbons (Fsp3) is 0.370. The van der Waals surface area contributed by atoms with Crippen molar-refractivity contribution in [2.24, 2.45) is 0 Å². The average Bonchev–Trinajstić information content (AvgIpc) is 3.15. The van der Waals surface area contributed by atoms with Crippen molar-refractivity contribution in [2.45, 2.75) is 52.1 Å². The summed E-state index contributed by atoms with van der Waals surface area (Å²) in [4.78, 5) is 12.4. The Morgan fingerprint density at radius 1 is 1.00 bits per heavy atom. The molecule has 178 valence electrons. The summed E-state index contributed by atoms with van der Waals surface area (Å²) >= 11 is 0. The van der Waals surface area contributed by atoms with Crippen molar-refractivity contribution in [1.29, 1.82) is 5.26 Å². The zero-order chi connectivity index (χ0) is 24.4. The summed E-state index contributed by atoms with van der Waals surface area (Å²) in [6, 6.07) is 22.0. The van der Waals surface area contributed by atoms with Crippen molar-refractivity contribution in [3.63, 3.8) is 0 Å². The van der Waals surface area contributed by atoms with Gasteiger partial charge in [0.25, 0.3) is 0 Å². The molecule has 0 saturated heterocycles. The average molecular weight is 461 g/mol. The molecule has 0 atom stereocenters. The number of benzene rings is 2. The van der Waals surface area contributed by atoms with Gasteiger partial charge in [0.15, 0.2) is 5.82 Å². The lowest BCUT2D eigenvalue weighted by Crippen LogP contribution is -2.28. The maximum Gasteiger partial charge on any atom is 0.413 e. The number of aryl methyl sites for hydroxylation is 1. The van der Waals surface area contributed by atoms with Crippen LogP contribution >= 0.6 is 0 Å². The van der Waals surface area contributed by atoms with Gasteiger partial charge >= 0.3 is 6.09 Å². The predicted octanol–water partition coefficient (Wildman–Crippen LogP) is 5.67. The molecular formula is C27H32N4O3. The number of hydrogen-bond acceptors (Lipinski definition) is 5. The number of aromatic nitrogens is 2. The zero-order valence-corrected chi connectivity index (χ0v) is 20.1. The Hall–Kier alpha value is -3.63. The van der Waals surface area contributed by atoms with Gasteiger partial charge in [-0.2, -0.15) is 10.4 Å². The van der Waals surface area contributed by atoms with Crippen LogP contribution in [0.3, 0.4) is 0 Å². The lowest BCUT2D eigenvalue weighted by atomic mass is 10.1. The lowest BCUT2D eigenvalue weighted by molar-refractivity contribution is 0.0635. The van der Waals surface area contributed by atoms with E-state index in [2.05, 4.69) is 40.8 Å². The first kappa shape index (κ1) is 25.0.